The fourth-order valence-electron chi connectivity index (χ4n) is 2.05. The molecule has 95 valence electrons. The van der Waals surface area contributed by atoms with Gasteiger partial charge in [0.2, 0.25) is 0 Å². The van der Waals surface area contributed by atoms with Crippen molar-refractivity contribution in [3.05, 3.63) is 41.8 Å². The molecule has 1 radical (unpaired) electrons. The van der Waals surface area contributed by atoms with Crippen LogP contribution < -0.4 is 0 Å². The van der Waals surface area contributed by atoms with Gasteiger partial charge in [-0.05, 0) is 35.8 Å². The van der Waals surface area contributed by atoms with E-state index < -0.39 is 0 Å². The first-order valence-electron chi connectivity index (χ1n) is 6.93. The average Bonchev–Trinajstić information content (AvgIpc) is 2.25. The summed E-state index contributed by atoms with van der Waals surface area (Å²) in [6.07, 6.45) is 8.70. The van der Waals surface area contributed by atoms with Crippen molar-refractivity contribution in [2.75, 3.05) is 0 Å². The van der Waals surface area contributed by atoms with E-state index in [2.05, 4.69) is 58.4 Å². The van der Waals surface area contributed by atoms with Gasteiger partial charge in [-0.3, -0.25) is 0 Å². The predicted molar refractivity (Wildman–Crippen MR) is 77.1 cm³/mol. The molecule has 0 nitrogen and oxygen atoms in total. The Labute approximate surface area is 107 Å². The van der Waals surface area contributed by atoms with Crippen molar-refractivity contribution in [2.24, 2.45) is 5.41 Å². The molecule has 0 unspecified atom stereocenters. The number of rotatable bonds is 6. The van der Waals surface area contributed by atoms with Crippen LogP contribution in [-0.2, 0) is 6.42 Å². The predicted octanol–water partition coefficient (Wildman–Crippen LogP) is 5.41. The normalized spacial score (nSPS) is 11.8. The summed E-state index contributed by atoms with van der Waals surface area (Å²) < 4.78 is 0. The molecule has 1 rings (SSSR count). The molecule has 0 bridgehead atoms. The fraction of sp³-hybridized carbons (Fsp3) is 0.588. The van der Waals surface area contributed by atoms with Gasteiger partial charge >= 0.3 is 0 Å². The summed E-state index contributed by atoms with van der Waals surface area (Å²) in [6.45, 7) is 9.12. The van der Waals surface area contributed by atoms with Gasteiger partial charge < -0.3 is 0 Å². The topological polar surface area (TPSA) is 0 Å². The largest absolute Gasteiger partial charge is 0.0654 e. The molecule has 0 amide bonds. The van der Waals surface area contributed by atoms with E-state index >= 15 is 0 Å². The minimum absolute atomic E-state index is 0.381. The number of benzene rings is 1. The Kier molecular flexibility index (Phi) is 5.74. The molecule has 0 heteroatoms. The maximum absolute atomic E-state index is 2.36. The van der Waals surface area contributed by atoms with Crippen LogP contribution >= 0.6 is 0 Å². The molecular formula is C17H27. The van der Waals surface area contributed by atoms with Gasteiger partial charge in [0.1, 0.15) is 0 Å². The van der Waals surface area contributed by atoms with Crippen LogP contribution in [0.3, 0.4) is 0 Å². The molecule has 0 saturated heterocycles. The van der Waals surface area contributed by atoms with Crippen LogP contribution in [-0.4, -0.2) is 0 Å². The fourth-order valence-corrected chi connectivity index (χ4v) is 2.05. The van der Waals surface area contributed by atoms with E-state index in [4.69, 9.17) is 0 Å². The number of unbranched alkanes of at least 4 members (excludes halogenated alkanes) is 3. The second-order valence-corrected chi connectivity index (χ2v) is 6.18. The zero-order chi connectivity index (χ0) is 12.7. The van der Waals surface area contributed by atoms with Crippen molar-refractivity contribution in [3.63, 3.8) is 0 Å². The van der Waals surface area contributed by atoms with E-state index in [1.807, 2.05) is 0 Å². The van der Waals surface area contributed by atoms with Crippen LogP contribution in [0.25, 0.3) is 0 Å². The highest BCUT2D eigenvalue weighted by Gasteiger charge is 2.10. The lowest BCUT2D eigenvalue weighted by Crippen LogP contribution is -2.08. The Morgan fingerprint density at radius 3 is 2.18 bits per heavy atom. The van der Waals surface area contributed by atoms with E-state index in [9.17, 15) is 0 Å². The second kappa shape index (κ2) is 6.83. The molecule has 0 fully saturated rings. The minimum Gasteiger partial charge on any atom is -0.0654 e. The first-order chi connectivity index (χ1) is 8.01. The summed E-state index contributed by atoms with van der Waals surface area (Å²) in [5.74, 6) is 0. The Hall–Kier alpha value is -0.780. The molecule has 0 aromatic heterocycles. The molecule has 0 atom stereocenters. The SMILES string of the molecule is CCCCC[CH]c1ccc(CC(C)(C)C)cc1. The lowest BCUT2D eigenvalue weighted by atomic mass is 9.88. The molecule has 0 N–H and O–H groups in total. The Morgan fingerprint density at radius 2 is 1.65 bits per heavy atom. The number of hydrogen-bond donors (Lipinski definition) is 0. The van der Waals surface area contributed by atoms with Gasteiger partial charge in [0.25, 0.3) is 0 Å². The third-order valence-corrected chi connectivity index (χ3v) is 2.90. The molecule has 0 aliphatic rings. The summed E-state index contributed by atoms with van der Waals surface area (Å²) >= 11 is 0. The average molecular weight is 231 g/mol. The van der Waals surface area contributed by atoms with Gasteiger partial charge in [0.05, 0.1) is 0 Å². The Balaban J connectivity index is 2.39. The third kappa shape index (κ3) is 6.51. The minimum atomic E-state index is 0.381. The van der Waals surface area contributed by atoms with Gasteiger partial charge in [-0.1, -0.05) is 71.2 Å². The van der Waals surface area contributed by atoms with E-state index in [1.54, 1.807) is 0 Å². The molecular weight excluding hydrogens is 204 g/mol. The zero-order valence-corrected chi connectivity index (χ0v) is 11.9. The lowest BCUT2D eigenvalue weighted by Gasteiger charge is -2.18. The van der Waals surface area contributed by atoms with Crippen LogP contribution in [0, 0.1) is 11.8 Å². The molecule has 0 spiro atoms. The first kappa shape index (κ1) is 14.3. The highest BCUT2D eigenvalue weighted by molar-refractivity contribution is 5.28. The van der Waals surface area contributed by atoms with Crippen molar-refractivity contribution in [1.82, 2.24) is 0 Å². The van der Waals surface area contributed by atoms with Crippen molar-refractivity contribution in [2.45, 2.75) is 59.8 Å². The molecule has 1 aromatic carbocycles. The second-order valence-electron chi connectivity index (χ2n) is 6.18. The highest BCUT2D eigenvalue weighted by atomic mass is 14.2. The maximum Gasteiger partial charge on any atom is -0.00931 e. The highest BCUT2D eigenvalue weighted by Crippen LogP contribution is 2.21. The summed E-state index contributed by atoms with van der Waals surface area (Å²) in [4.78, 5) is 0. The summed E-state index contributed by atoms with van der Waals surface area (Å²) in [5.41, 5.74) is 3.20. The van der Waals surface area contributed by atoms with Gasteiger partial charge in [0, 0.05) is 0 Å². The van der Waals surface area contributed by atoms with Crippen LogP contribution in [0.4, 0.5) is 0 Å². The van der Waals surface area contributed by atoms with E-state index in [-0.39, 0.29) is 0 Å². The van der Waals surface area contributed by atoms with Crippen LogP contribution in [0.1, 0.15) is 64.5 Å². The quantitative estimate of drug-likeness (QED) is 0.574. The zero-order valence-electron chi connectivity index (χ0n) is 11.9. The molecule has 0 aliphatic carbocycles. The van der Waals surface area contributed by atoms with Gasteiger partial charge in [-0.25, -0.2) is 0 Å². The van der Waals surface area contributed by atoms with E-state index in [0.29, 0.717) is 5.41 Å². The van der Waals surface area contributed by atoms with Crippen LogP contribution in [0.15, 0.2) is 24.3 Å². The molecule has 17 heavy (non-hydrogen) atoms. The van der Waals surface area contributed by atoms with E-state index in [1.165, 1.54) is 36.8 Å². The Morgan fingerprint density at radius 1 is 1.00 bits per heavy atom. The molecule has 0 saturated carbocycles. The van der Waals surface area contributed by atoms with Crippen molar-refractivity contribution in [3.8, 4) is 0 Å². The van der Waals surface area contributed by atoms with Gasteiger partial charge in [-0.2, -0.15) is 0 Å². The van der Waals surface area contributed by atoms with Crippen molar-refractivity contribution < 1.29 is 0 Å². The van der Waals surface area contributed by atoms with E-state index in [0.717, 1.165) is 6.42 Å². The monoisotopic (exact) mass is 231 g/mol. The van der Waals surface area contributed by atoms with Gasteiger partial charge in [-0.15, -0.1) is 0 Å². The summed E-state index contributed by atoms with van der Waals surface area (Å²) in [6, 6.07) is 9.06. The number of hydrogen-bond acceptors (Lipinski definition) is 0. The van der Waals surface area contributed by atoms with Gasteiger partial charge in [0.15, 0.2) is 0 Å². The smallest absolute Gasteiger partial charge is 0.00931 e. The van der Waals surface area contributed by atoms with Crippen LogP contribution in [0.5, 0.6) is 0 Å². The first-order valence-corrected chi connectivity index (χ1v) is 6.93. The third-order valence-electron chi connectivity index (χ3n) is 2.90. The van der Waals surface area contributed by atoms with Crippen molar-refractivity contribution >= 4 is 0 Å². The summed E-state index contributed by atoms with van der Waals surface area (Å²) in [7, 11) is 0. The summed E-state index contributed by atoms with van der Waals surface area (Å²) in [5, 5.41) is 0. The van der Waals surface area contributed by atoms with Crippen LogP contribution in [0.2, 0.25) is 0 Å². The van der Waals surface area contributed by atoms with Crippen molar-refractivity contribution in [1.29, 1.82) is 0 Å². The Bertz CT molecular complexity index is 300. The standard InChI is InChI=1S/C17H27/c1-5-6-7-8-9-15-10-12-16(13-11-15)14-17(2,3)4/h9-13H,5-8,14H2,1-4H3. The molecule has 1 aromatic rings. The lowest BCUT2D eigenvalue weighted by molar-refractivity contribution is 0.411. The molecule has 0 aliphatic heterocycles. The molecule has 0 heterocycles. The maximum atomic E-state index is 2.36.